The first-order valence-corrected chi connectivity index (χ1v) is 4.41. The van der Waals surface area contributed by atoms with E-state index in [-0.39, 0.29) is 17.8 Å². The Labute approximate surface area is 90.7 Å². The third kappa shape index (κ3) is 2.87. The Hall–Kier alpha value is -0.240. The van der Waals surface area contributed by atoms with Gasteiger partial charge < -0.3 is 5.73 Å². The quantitative estimate of drug-likeness (QED) is 0.814. The van der Waals surface area contributed by atoms with E-state index >= 15 is 0 Å². The Morgan fingerprint density at radius 1 is 1.31 bits per heavy atom. The lowest BCUT2D eigenvalue weighted by Gasteiger charge is -2.23. The molecule has 0 amide bonds. The predicted octanol–water partition coefficient (Wildman–Crippen LogP) is 3.00. The van der Waals surface area contributed by atoms with Gasteiger partial charge >= 0.3 is 0 Å². The van der Waals surface area contributed by atoms with Gasteiger partial charge in [0.25, 0.3) is 0 Å². The molecule has 0 atom stereocenters. The summed E-state index contributed by atoms with van der Waals surface area (Å²) in [7, 11) is 0. The number of nitrogens with two attached hydrogens (primary N) is 1. The van der Waals surface area contributed by atoms with E-state index in [0.717, 1.165) is 10.6 Å². The molecule has 13 heavy (non-hydrogen) atoms. The zero-order valence-electron chi connectivity index (χ0n) is 7.88. The van der Waals surface area contributed by atoms with Gasteiger partial charge in [0.15, 0.2) is 0 Å². The highest BCUT2D eigenvalue weighted by Crippen LogP contribution is 2.28. The van der Waals surface area contributed by atoms with Gasteiger partial charge in [0.05, 0.1) is 0 Å². The highest BCUT2D eigenvalue weighted by Gasteiger charge is 2.20. The fraction of sp³-hybridized carbons (Fsp3) is 0.400. The second-order valence-corrected chi connectivity index (χ2v) is 3.98. The van der Waals surface area contributed by atoms with Gasteiger partial charge in [-0.15, -0.1) is 12.4 Å². The first kappa shape index (κ1) is 12.8. The molecule has 0 saturated carbocycles. The zero-order chi connectivity index (χ0) is 9.19. The van der Waals surface area contributed by atoms with Crippen LogP contribution in [0.15, 0.2) is 24.3 Å². The van der Waals surface area contributed by atoms with Gasteiger partial charge in [-0.1, -0.05) is 43.6 Å². The molecule has 2 N–H and O–H groups in total. The molecule has 0 radical (unpaired) electrons. The molecule has 0 saturated heterocycles. The van der Waals surface area contributed by atoms with Crippen LogP contribution in [0.5, 0.6) is 0 Å². The second-order valence-electron chi connectivity index (χ2n) is 3.57. The topological polar surface area (TPSA) is 26.0 Å². The van der Waals surface area contributed by atoms with Gasteiger partial charge in [-0.3, -0.25) is 0 Å². The van der Waals surface area contributed by atoms with Crippen LogP contribution in [0.2, 0.25) is 5.02 Å². The molecule has 0 unspecified atom stereocenters. The van der Waals surface area contributed by atoms with Gasteiger partial charge in [0, 0.05) is 17.0 Å². The monoisotopic (exact) mass is 219 g/mol. The maximum Gasteiger partial charge on any atom is 0.0443 e. The van der Waals surface area contributed by atoms with E-state index in [1.807, 2.05) is 24.3 Å². The molecule has 1 rings (SSSR count). The molecular formula is C10H15Cl2N. The maximum atomic E-state index is 6.03. The molecule has 0 bridgehead atoms. The second kappa shape index (κ2) is 4.85. The molecule has 0 aliphatic heterocycles. The smallest absolute Gasteiger partial charge is 0.0443 e. The van der Waals surface area contributed by atoms with Crippen molar-refractivity contribution in [2.24, 2.45) is 5.73 Å². The van der Waals surface area contributed by atoms with Crippen molar-refractivity contribution in [3.8, 4) is 0 Å². The van der Waals surface area contributed by atoms with Crippen LogP contribution in [0.1, 0.15) is 19.4 Å². The summed E-state index contributed by atoms with van der Waals surface area (Å²) in [6.07, 6.45) is 0. The number of benzene rings is 1. The van der Waals surface area contributed by atoms with Crippen molar-refractivity contribution in [3.05, 3.63) is 34.9 Å². The maximum absolute atomic E-state index is 6.03. The van der Waals surface area contributed by atoms with Gasteiger partial charge in [0.1, 0.15) is 0 Å². The fourth-order valence-corrected chi connectivity index (χ4v) is 1.51. The van der Waals surface area contributed by atoms with Crippen LogP contribution in [0.3, 0.4) is 0 Å². The minimum atomic E-state index is -0.0294. The van der Waals surface area contributed by atoms with E-state index < -0.39 is 0 Å². The van der Waals surface area contributed by atoms with Crippen LogP contribution in [0.4, 0.5) is 0 Å². The molecule has 0 spiro atoms. The van der Waals surface area contributed by atoms with E-state index in [2.05, 4.69) is 13.8 Å². The molecule has 1 nitrogen and oxygen atoms in total. The van der Waals surface area contributed by atoms with Crippen molar-refractivity contribution in [1.82, 2.24) is 0 Å². The average Bonchev–Trinajstić information content (AvgIpc) is 2.05. The van der Waals surface area contributed by atoms with Crippen LogP contribution in [0, 0.1) is 0 Å². The highest BCUT2D eigenvalue weighted by atomic mass is 35.5. The normalized spacial score (nSPS) is 10.8. The minimum Gasteiger partial charge on any atom is -0.330 e. The van der Waals surface area contributed by atoms with E-state index in [1.54, 1.807) is 0 Å². The van der Waals surface area contributed by atoms with Crippen molar-refractivity contribution in [2.45, 2.75) is 19.3 Å². The third-order valence-electron chi connectivity index (χ3n) is 2.11. The van der Waals surface area contributed by atoms with Gasteiger partial charge in [-0.25, -0.2) is 0 Å². The summed E-state index contributed by atoms with van der Waals surface area (Å²) in [4.78, 5) is 0. The standard InChI is InChI=1S/C10H14ClN.ClH/c1-10(2,7-12)8-5-3-4-6-9(8)11;/h3-6H,7,12H2,1-2H3;1H. The fourth-order valence-electron chi connectivity index (χ4n) is 1.12. The number of hydrogen-bond donors (Lipinski definition) is 1. The molecule has 0 aliphatic carbocycles. The Balaban J connectivity index is 0.00000144. The van der Waals surface area contributed by atoms with Crippen LogP contribution in [-0.4, -0.2) is 6.54 Å². The molecule has 3 heteroatoms. The molecule has 74 valence electrons. The first-order chi connectivity index (χ1) is 5.58. The van der Waals surface area contributed by atoms with Gasteiger partial charge in [0.2, 0.25) is 0 Å². The summed E-state index contributed by atoms with van der Waals surface area (Å²) in [5.74, 6) is 0. The SMILES string of the molecule is CC(C)(CN)c1ccccc1Cl.Cl. The van der Waals surface area contributed by atoms with Crippen LogP contribution in [0.25, 0.3) is 0 Å². The zero-order valence-corrected chi connectivity index (χ0v) is 9.45. The van der Waals surface area contributed by atoms with Crippen molar-refractivity contribution in [1.29, 1.82) is 0 Å². The van der Waals surface area contributed by atoms with Crippen LogP contribution >= 0.6 is 24.0 Å². The number of hydrogen-bond acceptors (Lipinski definition) is 1. The lowest BCUT2D eigenvalue weighted by molar-refractivity contribution is 0.539. The summed E-state index contributed by atoms with van der Waals surface area (Å²) in [5, 5.41) is 0.799. The Morgan fingerprint density at radius 2 is 1.85 bits per heavy atom. The van der Waals surface area contributed by atoms with Crippen LogP contribution < -0.4 is 5.73 Å². The highest BCUT2D eigenvalue weighted by molar-refractivity contribution is 6.31. The van der Waals surface area contributed by atoms with Crippen LogP contribution in [-0.2, 0) is 5.41 Å². The number of rotatable bonds is 2. The molecular weight excluding hydrogens is 205 g/mol. The van der Waals surface area contributed by atoms with Crippen molar-refractivity contribution >= 4 is 24.0 Å². The molecule has 0 aromatic heterocycles. The van der Waals surface area contributed by atoms with Crippen molar-refractivity contribution in [3.63, 3.8) is 0 Å². The minimum absolute atomic E-state index is 0. The van der Waals surface area contributed by atoms with E-state index in [0.29, 0.717) is 6.54 Å². The van der Waals surface area contributed by atoms with E-state index in [9.17, 15) is 0 Å². The predicted molar refractivity (Wildman–Crippen MR) is 60.8 cm³/mol. The summed E-state index contributed by atoms with van der Waals surface area (Å²) in [6.45, 7) is 4.79. The summed E-state index contributed by atoms with van der Waals surface area (Å²) < 4.78 is 0. The number of halogens is 2. The Morgan fingerprint density at radius 3 is 2.31 bits per heavy atom. The lowest BCUT2D eigenvalue weighted by Crippen LogP contribution is -2.28. The Kier molecular flexibility index (Phi) is 4.76. The van der Waals surface area contributed by atoms with Gasteiger partial charge in [-0.2, -0.15) is 0 Å². The van der Waals surface area contributed by atoms with Crippen molar-refractivity contribution < 1.29 is 0 Å². The summed E-state index contributed by atoms with van der Waals surface area (Å²) in [6, 6.07) is 7.83. The third-order valence-corrected chi connectivity index (χ3v) is 2.44. The first-order valence-electron chi connectivity index (χ1n) is 4.03. The molecule has 0 fully saturated rings. The Bertz CT molecular complexity index is 271. The summed E-state index contributed by atoms with van der Waals surface area (Å²) >= 11 is 6.03. The van der Waals surface area contributed by atoms with Crippen molar-refractivity contribution in [2.75, 3.05) is 6.54 Å². The average molecular weight is 220 g/mol. The van der Waals surface area contributed by atoms with E-state index in [4.69, 9.17) is 17.3 Å². The largest absolute Gasteiger partial charge is 0.330 e. The molecule has 1 aromatic carbocycles. The molecule has 0 heterocycles. The lowest BCUT2D eigenvalue weighted by atomic mass is 9.85. The van der Waals surface area contributed by atoms with E-state index in [1.165, 1.54) is 0 Å². The van der Waals surface area contributed by atoms with Gasteiger partial charge in [-0.05, 0) is 11.6 Å². The molecule has 0 aliphatic rings. The molecule has 1 aromatic rings. The summed E-state index contributed by atoms with van der Waals surface area (Å²) in [5.41, 5.74) is 6.74.